The molecular weight excluding hydrogens is 1630 g/mol. The fourth-order valence-corrected chi connectivity index (χ4v) is 14.8. The number of piperazine rings is 5. The number of aryl methyl sites for hydroxylation is 2. The zero-order valence-corrected chi connectivity index (χ0v) is 73.1. The van der Waals surface area contributed by atoms with E-state index in [0.29, 0.717) is 63.8 Å². The molecule has 14 rings (SSSR count). The van der Waals surface area contributed by atoms with Crippen molar-refractivity contribution in [3.8, 4) is 11.5 Å². The number of fused-ring (bicyclic) bond motifs is 1. The summed E-state index contributed by atoms with van der Waals surface area (Å²) in [5.41, 5.74) is 7.73. The second-order valence-electron chi connectivity index (χ2n) is 30.9. The number of hydrogen-bond donors (Lipinski definition) is 2. The Kier molecular flexibility index (Phi) is 49.7. The molecule has 6 fully saturated rings. The number of nitrogens with zero attached hydrogens (tertiary/aromatic N) is 10. The quantitative estimate of drug-likeness (QED) is 0.0262. The monoisotopic (exact) mass is 1750 g/mol. The van der Waals surface area contributed by atoms with Gasteiger partial charge in [-0.25, -0.2) is 4.39 Å². The van der Waals surface area contributed by atoms with Crippen LogP contribution in [0.4, 0.5) is 40.3 Å². The largest absolute Gasteiger partial charge is 0.454 e. The van der Waals surface area contributed by atoms with Crippen molar-refractivity contribution in [2.75, 3.05) is 178 Å². The molecule has 0 atom stereocenters. The number of anilines is 4. The van der Waals surface area contributed by atoms with E-state index in [4.69, 9.17) is 26.2 Å². The van der Waals surface area contributed by atoms with Crippen LogP contribution < -0.4 is 29.5 Å². The minimum atomic E-state index is -4.32. The number of aliphatic hydroxyl groups excluding tert-OH is 1. The van der Waals surface area contributed by atoms with Crippen LogP contribution in [0, 0.1) is 11.7 Å². The Hall–Kier alpha value is -11.1. The third kappa shape index (κ3) is 40.6. The highest BCUT2D eigenvalue weighted by atomic mass is 35.5. The van der Waals surface area contributed by atoms with E-state index in [1.54, 1.807) is 42.7 Å². The average molecular weight is 1750 g/mol. The maximum absolute atomic E-state index is 12.6. The lowest BCUT2D eigenvalue weighted by molar-refractivity contribution is -0.137. The number of β-amino-alcohol motifs (C(OH)–C–C–N with tert-alkyl or cyclic N) is 1. The van der Waals surface area contributed by atoms with E-state index < -0.39 is 11.7 Å². The molecule has 7 aliphatic rings. The molecule has 1 saturated carbocycles. The topological polar surface area (TPSA) is 254 Å². The Balaban J connectivity index is 0.000000219. The van der Waals surface area contributed by atoms with Gasteiger partial charge >= 0.3 is 6.18 Å². The maximum Gasteiger partial charge on any atom is 0.416 e. The van der Waals surface area contributed by atoms with Gasteiger partial charge in [-0.1, -0.05) is 153 Å². The molecular formula is C96H126ClF4N11O13. The number of carbonyl (C=O) groups is 10. The SMILES string of the molecule is CC(=O)Nc1ccc(CCCC=O)cc1.CN1CCN(C=O)CC1.O=CCCC(c1ccccc1)c1ccccc1.O=CCCCC1CCCCC1.O=CCCCc1ccc(F)cc1.O=CN1CCN(CCO)CC1.O=CN1CCN(c2ccc3c(c2)OCO3)CC1.O=CN1CCN(c2cccc(C(F)(F)F)c2)CC1.O=CN1CCN(c2ccccc2Cl)CC1. The van der Waals surface area contributed by atoms with Crippen LogP contribution in [0.25, 0.3) is 0 Å². The van der Waals surface area contributed by atoms with Gasteiger partial charge in [0.25, 0.3) is 0 Å². The fraction of sp³-hybridized carbons (Fsp3) is 0.458. The Bertz CT molecular complexity index is 4140. The molecule has 0 unspecified atom stereocenters. The van der Waals surface area contributed by atoms with Crippen LogP contribution in [-0.2, 0) is 67.0 Å². The summed E-state index contributed by atoms with van der Waals surface area (Å²) >= 11 is 6.10. The summed E-state index contributed by atoms with van der Waals surface area (Å²) in [7, 11) is 2.07. The van der Waals surface area contributed by atoms with Gasteiger partial charge in [0.1, 0.15) is 31.0 Å². The van der Waals surface area contributed by atoms with Gasteiger partial charge in [0.2, 0.25) is 44.8 Å². The third-order valence-corrected chi connectivity index (χ3v) is 22.2. The van der Waals surface area contributed by atoms with Crippen molar-refractivity contribution < 1.29 is 80.1 Å². The standard InChI is InChI=1S/C16H16O.C12H13F3N2O.C12H14N2O3.C12H15NO2.C11H13ClN2O.C10H11FO.C10H18O.C7H14N2O2.C6H12N2O/c17-13-7-12-16(14-8-3-1-4-9-14)15-10-5-2-6-11-15;13-12(14,15)10-2-1-3-11(8-10)17-6-4-16(9-18)5-7-17;15-8-13-3-5-14(6-4-13)10-1-2-11-12(7-10)17-9-16-11;1-10(15)13-12-7-5-11(6-8-12)4-2-3-9-14;12-10-3-1-2-4-11(10)14-7-5-13(9-15)6-8-14;11-10-6-4-9(5-7-10)3-1-2-8-12;11-9-5-4-8-10-6-2-1-3-7-10;10-6-5-8-1-3-9(7-11)4-2-8;1-7-2-4-8(6-9)5-3-7/h1-6,8-11,13,16H,7,12H2;1-3,8-9H,4-7H2;1-2,7-8H,3-6,9H2;5-9H,2-4H2,1H3,(H,13,15);1-4,9H,5-8H2;4-8H,1-3H2;9-10H,1-8H2;7,10H,1-6H2;6H,2-5H2,1H3. The van der Waals surface area contributed by atoms with E-state index in [-0.39, 0.29) is 18.3 Å². The number of ether oxygens (including phenoxy) is 2. The van der Waals surface area contributed by atoms with Gasteiger partial charge in [0, 0.05) is 199 Å². The van der Waals surface area contributed by atoms with Gasteiger partial charge in [-0.2, -0.15) is 13.2 Å². The van der Waals surface area contributed by atoms with Gasteiger partial charge in [0.05, 0.1) is 22.9 Å². The minimum Gasteiger partial charge on any atom is -0.454 e. The number of hydrogen-bond acceptors (Lipinski definition) is 18. The number of halogens is 5. The highest BCUT2D eigenvalue weighted by Crippen LogP contribution is 2.37. The van der Waals surface area contributed by atoms with Gasteiger partial charge in [-0.3, -0.25) is 33.7 Å². The predicted octanol–water partition coefficient (Wildman–Crippen LogP) is 13.7. The first-order chi connectivity index (χ1) is 60.8. The molecule has 125 heavy (non-hydrogen) atoms. The van der Waals surface area contributed by atoms with E-state index in [2.05, 4.69) is 56.2 Å². The fourth-order valence-electron chi connectivity index (χ4n) is 14.6. The summed E-state index contributed by atoms with van der Waals surface area (Å²) in [4.78, 5) is 123. The molecule has 6 aliphatic heterocycles. The number of aliphatic hydroxyl groups is 1. The smallest absolute Gasteiger partial charge is 0.416 e. The predicted molar refractivity (Wildman–Crippen MR) is 483 cm³/mol. The van der Waals surface area contributed by atoms with Crippen molar-refractivity contribution in [2.24, 2.45) is 5.92 Å². The Morgan fingerprint density at radius 3 is 1.38 bits per heavy atom. The minimum absolute atomic E-state index is 0.0660. The molecule has 0 aromatic heterocycles. The molecule has 0 bridgehead atoms. The molecule has 6 heterocycles. The van der Waals surface area contributed by atoms with Gasteiger partial charge in [0.15, 0.2) is 11.5 Å². The Morgan fingerprint density at radius 2 is 0.920 bits per heavy atom. The molecule has 1 aliphatic carbocycles. The molecule has 5 saturated heterocycles. The Labute approximate surface area is 739 Å². The van der Waals surface area contributed by atoms with Crippen molar-refractivity contribution in [3.05, 3.63) is 215 Å². The van der Waals surface area contributed by atoms with Gasteiger partial charge in [-0.15, -0.1) is 0 Å². The number of nitrogens with one attached hydrogen (secondary N) is 1. The zero-order valence-electron chi connectivity index (χ0n) is 72.4. The van der Waals surface area contributed by atoms with Crippen LogP contribution in [0.5, 0.6) is 11.5 Å². The first-order valence-corrected chi connectivity index (χ1v) is 43.7. The first-order valence-electron chi connectivity index (χ1n) is 43.3. The average Bonchev–Trinajstić information content (AvgIpc) is 1.79. The lowest BCUT2D eigenvalue weighted by atomic mass is 9.86. The van der Waals surface area contributed by atoms with Gasteiger partial charge < -0.3 is 83.2 Å². The van der Waals surface area contributed by atoms with Crippen LogP contribution in [-0.4, -0.2) is 260 Å². The second-order valence-corrected chi connectivity index (χ2v) is 31.3. The zero-order chi connectivity index (χ0) is 90.1. The van der Waals surface area contributed by atoms with E-state index in [1.165, 1.54) is 80.3 Å². The maximum atomic E-state index is 12.6. The lowest BCUT2D eigenvalue weighted by Gasteiger charge is -2.34. The van der Waals surface area contributed by atoms with Crippen LogP contribution in [0.2, 0.25) is 5.02 Å². The number of amides is 6. The van der Waals surface area contributed by atoms with Gasteiger partial charge in [-0.05, 0) is 140 Å². The van der Waals surface area contributed by atoms with E-state index in [1.807, 2.05) is 108 Å². The molecule has 2 N–H and O–H groups in total. The number of likely N-dealkylation sites (N-methyl/N-ethyl adjacent to an activating group) is 1. The van der Waals surface area contributed by atoms with Crippen LogP contribution in [0.15, 0.2) is 176 Å². The molecule has 0 spiro atoms. The molecule has 7 aromatic rings. The number of alkyl halides is 3. The molecule has 24 nitrogen and oxygen atoms in total. The number of benzene rings is 7. The third-order valence-electron chi connectivity index (χ3n) is 21.9. The summed E-state index contributed by atoms with van der Waals surface area (Å²) in [6.07, 6.45) is 20.4. The number of unbranched alkanes of at least 4 members (excludes halogenated alkanes) is 3. The lowest BCUT2D eigenvalue weighted by Crippen LogP contribution is -2.46. The van der Waals surface area contributed by atoms with Crippen molar-refractivity contribution in [3.63, 3.8) is 0 Å². The summed E-state index contributed by atoms with van der Waals surface area (Å²) in [6.45, 7) is 18.6. The van der Waals surface area contributed by atoms with E-state index in [0.717, 1.165) is 271 Å². The van der Waals surface area contributed by atoms with E-state index in [9.17, 15) is 65.5 Å². The number of aldehydes is 4. The molecule has 7 aromatic carbocycles. The number of para-hydroxylation sites is 1. The van der Waals surface area contributed by atoms with E-state index >= 15 is 0 Å². The summed E-state index contributed by atoms with van der Waals surface area (Å²) in [6, 6.07) is 53.9. The number of rotatable bonds is 28. The van der Waals surface area contributed by atoms with Crippen molar-refractivity contribution in [1.29, 1.82) is 0 Å². The normalized spacial score (nSPS) is 15.6. The highest BCUT2D eigenvalue weighted by molar-refractivity contribution is 6.33. The molecule has 6 amide bonds. The first kappa shape index (κ1) is 103. The summed E-state index contributed by atoms with van der Waals surface area (Å²) in [5, 5.41) is 12.1. The highest BCUT2D eigenvalue weighted by Gasteiger charge is 2.31. The molecule has 29 heteroatoms. The van der Waals surface area contributed by atoms with Crippen molar-refractivity contribution in [2.45, 2.75) is 122 Å². The molecule has 678 valence electrons. The molecule has 0 radical (unpaired) electrons. The van der Waals surface area contributed by atoms with Crippen LogP contribution >= 0.6 is 11.6 Å². The van der Waals surface area contributed by atoms with Crippen LogP contribution in [0.3, 0.4) is 0 Å². The van der Waals surface area contributed by atoms with Crippen molar-refractivity contribution in [1.82, 2.24) is 34.3 Å². The second kappa shape index (κ2) is 60.5. The number of carbonyl (C=O) groups excluding carboxylic acids is 10. The van der Waals surface area contributed by atoms with Crippen molar-refractivity contribution >= 4 is 97.5 Å². The summed E-state index contributed by atoms with van der Waals surface area (Å²) in [5.74, 6) is 2.60. The Morgan fingerprint density at radius 1 is 0.480 bits per heavy atom. The summed E-state index contributed by atoms with van der Waals surface area (Å²) < 4.78 is 60.8. The van der Waals surface area contributed by atoms with Crippen LogP contribution in [0.1, 0.15) is 131 Å².